The van der Waals surface area contributed by atoms with Gasteiger partial charge in [-0.2, -0.15) is 0 Å². The van der Waals surface area contributed by atoms with E-state index in [0.29, 0.717) is 12.1 Å². The average molecular weight is 540 g/mol. The van der Waals surface area contributed by atoms with E-state index in [9.17, 15) is 0 Å². The maximum atomic E-state index is 6.09. The zero-order valence-corrected chi connectivity index (χ0v) is 23.5. The van der Waals surface area contributed by atoms with Crippen molar-refractivity contribution < 1.29 is 9.13 Å². The number of rotatable bonds is 12. The Morgan fingerprint density at radius 3 is 2.19 bits per heavy atom. The second-order valence-corrected chi connectivity index (χ2v) is 9.78. The molecule has 3 heterocycles. The highest BCUT2D eigenvalue weighted by molar-refractivity contribution is 5.85. The Balaban J connectivity index is 0.00000228. The molecule has 2 aromatic heterocycles. The predicted octanol–water partition coefficient (Wildman–Crippen LogP) is 1.98. The number of imidazole rings is 2. The van der Waals surface area contributed by atoms with Crippen molar-refractivity contribution in [3.8, 4) is 0 Å². The number of aromatic nitrogens is 4. The van der Waals surface area contributed by atoms with E-state index in [-0.39, 0.29) is 24.8 Å². The number of nitrogens with zero attached hydrogens (tertiary/aromatic N) is 5. The number of hydrogen-bond acceptors (Lipinski definition) is 4. The lowest BCUT2D eigenvalue weighted by Crippen LogP contribution is -2.38. The van der Waals surface area contributed by atoms with E-state index in [1.54, 1.807) is 0 Å². The fourth-order valence-corrected chi connectivity index (χ4v) is 4.90. The summed E-state index contributed by atoms with van der Waals surface area (Å²) < 4.78 is 8.67. The minimum atomic E-state index is 0. The molecule has 1 aromatic carbocycles. The lowest BCUT2D eigenvalue weighted by Gasteiger charge is -2.27. The van der Waals surface area contributed by atoms with Gasteiger partial charge in [-0.15, -0.1) is 24.8 Å². The van der Waals surface area contributed by atoms with Crippen LogP contribution in [0.25, 0.3) is 0 Å². The highest BCUT2D eigenvalue weighted by Gasteiger charge is 2.31. The molecule has 0 spiro atoms. The van der Waals surface area contributed by atoms with Crippen molar-refractivity contribution >= 4 is 36.2 Å². The van der Waals surface area contributed by atoms with Crippen molar-refractivity contribution in [2.24, 2.45) is 14.1 Å². The maximum absolute atomic E-state index is 6.09. The first-order valence-electron chi connectivity index (χ1n) is 12.6. The summed E-state index contributed by atoms with van der Waals surface area (Å²) >= 11 is 0. The molecule has 0 aliphatic carbocycles. The van der Waals surface area contributed by atoms with E-state index in [1.807, 2.05) is 6.07 Å². The van der Waals surface area contributed by atoms with Crippen LogP contribution < -0.4 is 30.4 Å². The summed E-state index contributed by atoms with van der Waals surface area (Å²) in [5, 5.41) is 7.54. The molecule has 0 amide bonds. The monoisotopic (exact) mass is 538 g/mol. The summed E-state index contributed by atoms with van der Waals surface area (Å²) in [6.07, 6.45) is 16.1. The largest absolute Gasteiger partial charge is 0.399 e. The van der Waals surface area contributed by atoms with E-state index >= 15 is 0 Å². The van der Waals surface area contributed by atoms with Crippen LogP contribution in [0, 0.1) is 6.92 Å². The summed E-state index contributed by atoms with van der Waals surface area (Å²) in [5.74, 6) is 0. The van der Waals surface area contributed by atoms with E-state index in [2.05, 4.69) is 104 Å². The quantitative estimate of drug-likeness (QED) is 0.187. The lowest BCUT2D eigenvalue weighted by atomic mass is 10.1. The molecule has 8 nitrogen and oxygen atoms in total. The molecule has 36 heavy (non-hydrogen) atoms. The Morgan fingerprint density at radius 2 is 1.61 bits per heavy atom. The van der Waals surface area contributed by atoms with E-state index in [1.165, 1.54) is 5.69 Å². The minimum Gasteiger partial charge on any atom is -0.399 e. The van der Waals surface area contributed by atoms with Crippen molar-refractivity contribution in [3.63, 3.8) is 0 Å². The highest BCUT2D eigenvalue weighted by Crippen LogP contribution is 2.28. The third-order valence-electron chi connectivity index (χ3n) is 6.82. The highest BCUT2D eigenvalue weighted by atomic mass is 35.5. The molecule has 4 N–H and O–H groups in total. The maximum Gasteiger partial charge on any atom is 0.243 e. The third kappa shape index (κ3) is 8.40. The molecular formula is C26H44Cl2N8+2. The number of halogens is 2. The SMILES string of the molecule is Cc1cc(N2CC(NCCCn3cc[n+](C)c3)CC2CNCCCn2cc[n+](C)c2)ccc1N.Cl.Cl. The van der Waals surface area contributed by atoms with Crippen LogP contribution >= 0.6 is 24.8 Å². The van der Waals surface area contributed by atoms with Gasteiger partial charge in [0.2, 0.25) is 12.7 Å². The average Bonchev–Trinajstić information content (AvgIpc) is 3.53. The number of nitrogens with two attached hydrogens (primary N) is 1. The fraction of sp³-hybridized carbons (Fsp3) is 0.538. The lowest BCUT2D eigenvalue weighted by molar-refractivity contribution is -0.671. The molecular weight excluding hydrogens is 495 g/mol. The van der Waals surface area contributed by atoms with Gasteiger partial charge in [-0.3, -0.25) is 0 Å². The Morgan fingerprint density at radius 1 is 0.972 bits per heavy atom. The van der Waals surface area contributed by atoms with Gasteiger partial charge >= 0.3 is 0 Å². The van der Waals surface area contributed by atoms with Crippen molar-refractivity contribution in [3.05, 3.63) is 61.2 Å². The molecule has 0 radical (unpaired) electrons. The normalized spacial score (nSPS) is 17.1. The molecule has 1 fully saturated rings. The van der Waals surface area contributed by atoms with Gasteiger partial charge in [0, 0.05) is 36.5 Å². The molecule has 0 bridgehead atoms. The van der Waals surface area contributed by atoms with Crippen molar-refractivity contribution in [2.75, 3.05) is 36.8 Å². The van der Waals surface area contributed by atoms with Gasteiger partial charge in [0.25, 0.3) is 0 Å². The number of hydrogen-bond donors (Lipinski definition) is 3. The van der Waals surface area contributed by atoms with Gasteiger partial charge in [0.1, 0.15) is 24.8 Å². The van der Waals surface area contributed by atoms with Gasteiger partial charge in [-0.1, -0.05) is 0 Å². The van der Waals surface area contributed by atoms with Gasteiger partial charge < -0.3 is 21.3 Å². The standard InChI is InChI=1S/C26H42N8.2ClH/c1-22-16-24(6-7-26(22)27)34-19-23(29-9-5-11-33-15-13-31(3)21-33)17-25(34)18-28-8-4-10-32-14-12-30(2)20-32;;/h6-7,12-16,20-21,23,25,28-29H,4-5,8-11,17-19,27H2,1-3H3;2*1H/q+2;;. The van der Waals surface area contributed by atoms with Crippen LogP contribution in [0.15, 0.2) is 55.6 Å². The summed E-state index contributed by atoms with van der Waals surface area (Å²) in [7, 11) is 4.13. The zero-order chi connectivity index (χ0) is 23.9. The molecule has 3 aromatic rings. The zero-order valence-electron chi connectivity index (χ0n) is 21.8. The molecule has 1 aliphatic rings. The fourth-order valence-electron chi connectivity index (χ4n) is 4.90. The van der Waals surface area contributed by atoms with Gasteiger partial charge in [-0.25, -0.2) is 18.3 Å². The summed E-state index contributed by atoms with van der Waals surface area (Å²) in [5.41, 5.74) is 9.39. The van der Waals surface area contributed by atoms with E-state index in [0.717, 1.165) is 69.8 Å². The predicted molar refractivity (Wildman–Crippen MR) is 151 cm³/mol. The van der Waals surface area contributed by atoms with Crippen LogP contribution in [0.5, 0.6) is 0 Å². The van der Waals surface area contributed by atoms with Gasteiger partial charge in [0.15, 0.2) is 0 Å². The number of nitrogen functional groups attached to an aromatic ring is 1. The second-order valence-electron chi connectivity index (χ2n) is 9.78. The van der Waals surface area contributed by atoms with Crippen molar-refractivity contribution in [1.82, 2.24) is 19.8 Å². The van der Waals surface area contributed by atoms with Gasteiger partial charge in [-0.05, 0) is 63.0 Å². The summed E-state index contributed by atoms with van der Waals surface area (Å²) in [6, 6.07) is 7.45. The minimum absolute atomic E-state index is 0. The smallest absolute Gasteiger partial charge is 0.243 e. The Labute approximate surface area is 228 Å². The Bertz CT molecular complexity index is 1050. The van der Waals surface area contributed by atoms with Crippen LogP contribution in [0.1, 0.15) is 24.8 Å². The van der Waals surface area contributed by atoms with Crippen molar-refractivity contribution in [2.45, 2.75) is 51.4 Å². The number of aryl methyl sites for hydroxylation is 5. The molecule has 2 unspecified atom stereocenters. The van der Waals surface area contributed by atoms with E-state index in [4.69, 9.17) is 5.73 Å². The summed E-state index contributed by atoms with van der Waals surface area (Å²) in [4.78, 5) is 2.56. The number of benzene rings is 1. The Hall–Kier alpha value is -2.26. The van der Waals surface area contributed by atoms with E-state index < -0.39 is 0 Å². The van der Waals surface area contributed by atoms with Crippen LogP contribution in [-0.2, 0) is 27.2 Å². The molecule has 0 saturated carbocycles. The number of anilines is 2. The topological polar surface area (TPSA) is 70.9 Å². The third-order valence-corrected chi connectivity index (χ3v) is 6.82. The van der Waals surface area contributed by atoms with Crippen LogP contribution in [0.2, 0.25) is 0 Å². The second kappa shape index (κ2) is 14.5. The molecule has 4 rings (SSSR count). The first-order chi connectivity index (χ1) is 16.5. The molecule has 10 heteroatoms. The molecule has 2 atom stereocenters. The van der Waals surface area contributed by atoms with Crippen molar-refractivity contribution in [1.29, 1.82) is 0 Å². The molecule has 200 valence electrons. The first-order valence-corrected chi connectivity index (χ1v) is 12.6. The van der Waals surface area contributed by atoms with Gasteiger partial charge in [0.05, 0.1) is 27.2 Å². The number of nitrogens with one attached hydrogen (secondary N) is 2. The summed E-state index contributed by atoms with van der Waals surface area (Å²) in [6.45, 7) is 8.29. The van der Waals surface area contributed by atoms with Crippen LogP contribution in [-0.4, -0.2) is 47.4 Å². The molecule has 1 saturated heterocycles. The van der Waals surface area contributed by atoms with Crippen LogP contribution in [0.3, 0.4) is 0 Å². The molecule has 1 aliphatic heterocycles. The Kier molecular flexibility index (Phi) is 12.0. The van der Waals surface area contributed by atoms with Crippen LogP contribution in [0.4, 0.5) is 11.4 Å². The first kappa shape index (κ1) is 30.0.